The number of nitrogens with two attached hydrogens (primary N) is 4. The van der Waals surface area contributed by atoms with Gasteiger partial charge in [-0.1, -0.05) is 0 Å². The molecule has 0 rings (SSSR count). The molecule has 126 valence electrons. The second-order valence-corrected chi connectivity index (χ2v) is 5.10. The highest BCUT2D eigenvalue weighted by atomic mass is 16.2. The van der Waals surface area contributed by atoms with E-state index >= 15 is 0 Å². The summed E-state index contributed by atoms with van der Waals surface area (Å²) in [5.74, 6) is -2.28. The van der Waals surface area contributed by atoms with E-state index in [9.17, 15) is 19.2 Å². The van der Waals surface area contributed by atoms with Crippen molar-refractivity contribution in [1.82, 2.24) is 9.80 Å². The Morgan fingerprint density at radius 2 is 1.27 bits per heavy atom. The molecule has 8 N–H and O–H groups in total. The Hall–Kier alpha value is -2.20. The fraction of sp³-hybridized carbons (Fsp3) is 0.667. The Morgan fingerprint density at radius 3 is 1.64 bits per heavy atom. The molecule has 0 aromatic rings. The van der Waals surface area contributed by atoms with Gasteiger partial charge in [-0.3, -0.25) is 29.0 Å². The molecule has 0 spiro atoms. The lowest BCUT2D eigenvalue weighted by molar-refractivity contribution is -0.124. The fourth-order valence-corrected chi connectivity index (χ4v) is 1.98. The number of primary amides is 4. The molecule has 0 bridgehead atoms. The summed E-state index contributed by atoms with van der Waals surface area (Å²) in [6, 6.07) is -0.313. The predicted octanol–water partition coefficient (Wildman–Crippen LogP) is -3.69. The zero-order valence-electron chi connectivity index (χ0n) is 12.7. The quantitative estimate of drug-likeness (QED) is 0.288. The van der Waals surface area contributed by atoms with Crippen LogP contribution in [0.2, 0.25) is 0 Å². The summed E-state index contributed by atoms with van der Waals surface area (Å²) in [4.78, 5) is 47.1. The lowest BCUT2D eigenvalue weighted by atomic mass is 10.2. The summed E-state index contributed by atoms with van der Waals surface area (Å²) >= 11 is 0. The third-order valence-electron chi connectivity index (χ3n) is 2.92. The molecule has 0 radical (unpaired) electrons. The van der Waals surface area contributed by atoms with Crippen molar-refractivity contribution in [3.8, 4) is 0 Å². The van der Waals surface area contributed by atoms with Crippen LogP contribution in [0.5, 0.6) is 0 Å². The maximum Gasteiger partial charge on any atom is 0.231 e. The molecular formula is C12H24N6O4. The molecule has 0 aromatic heterocycles. The molecule has 4 amide bonds. The van der Waals surface area contributed by atoms with Gasteiger partial charge in [-0.25, -0.2) is 0 Å². The number of carbonyl (C=O) groups excluding carboxylic acids is 4. The minimum absolute atomic E-state index is 0.0611. The monoisotopic (exact) mass is 316 g/mol. The zero-order chi connectivity index (χ0) is 17.3. The first kappa shape index (κ1) is 19.8. The van der Waals surface area contributed by atoms with E-state index in [0.717, 1.165) is 0 Å². The average molecular weight is 316 g/mol. The number of amides is 4. The van der Waals surface area contributed by atoms with Gasteiger partial charge >= 0.3 is 0 Å². The van der Waals surface area contributed by atoms with Gasteiger partial charge < -0.3 is 22.9 Å². The molecule has 10 heteroatoms. The second kappa shape index (κ2) is 9.68. The summed E-state index contributed by atoms with van der Waals surface area (Å²) < 4.78 is 0. The molecule has 1 atom stereocenters. The van der Waals surface area contributed by atoms with Crippen LogP contribution in [0.15, 0.2) is 0 Å². The first-order chi connectivity index (χ1) is 10.1. The van der Waals surface area contributed by atoms with Gasteiger partial charge in [0.15, 0.2) is 0 Å². The Bertz CT molecular complexity index is 412. The molecule has 0 aliphatic heterocycles. The summed E-state index contributed by atoms with van der Waals surface area (Å²) in [7, 11) is 0. The van der Waals surface area contributed by atoms with Crippen LogP contribution in [-0.4, -0.2) is 72.2 Å². The largest absolute Gasteiger partial charge is 0.370 e. The first-order valence-corrected chi connectivity index (χ1v) is 6.71. The Balaban J connectivity index is 4.79. The number of carbonyl (C=O) groups is 4. The number of rotatable bonds is 12. The van der Waals surface area contributed by atoms with Gasteiger partial charge in [0.1, 0.15) is 0 Å². The maximum absolute atomic E-state index is 11.1. The van der Waals surface area contributed by atoms with Crippen LogP contribution in [-0.2, 0) is 19.2 Å². The molecule has 0 heterocycles. The van der Waals surface area contributed by atoms with Crippen molar-refractivity contribution in [3.05, 3.63) is 0 Å². The molecule has 22 heavy (non-hydrogen) atoms. The minimum atomic E-state index is -0.605. The van der Waals surface area contributed by atoms with E-state index in [1.54, 1.807) is 11.8 Å². The smallest absolute Gasteiger partial charge is 0.231 e. The third-order valence-corrected chi connectivity index (χ3v) is 2.92. The van der Waals surface area contributed by atoms with Crippen molar-refractivity contribution in [2.45, 2.75) is 19.4 Å². The minimum Gasteiger partial charge on any atom is -0.370 e. The molecule has 0 saturated heterocycles. The van der Waals surface area contributed by atoms with Crippen LogP contribution in [0, 0.1) is 0 Å². The van der Waals surface area contributed by atoms with Gasteiger partial charge in [0, 0.05) is 25.6 Å². The first-order valence-electron chi connectivity index (χ1n) is 6.71. The van der Waals surface area contributed by atoms with Crippen molar-refractivity contribution in [2.24, 2.45) is 22.9 Å². The lowest BCUT2D eigenvalue weighted by Crippen LogP contribution is -2.50. The standard InChI is InChI=1S/C12H24N6O4/c1-8(18(6-11(15)21)7-12(16)22)4-17(5-10(14)20)3-2-9(13)19/h8H,2-7H2,1H3,(H2,13,19)(H2,14,20)(H2,15,21)(H2,16,22). The van der Waals surface area contributed by atoms with E-state index in [-0.39, 0.29) is 45.2 Å². The zero-order valence-corrected chi connectivity index (χ0v) is 12.7. The van der Waals surface area contributed by atoms with Gasteiger partial charge in [0.05, 0.1) is 19.6 Å². The van der Waals surface area contributed by atoms with Gasteiger partial charge in [-0.05, 0) is 6.92 Å². The topological polar surface area (TPSA) is 179 Å². The average Bonchev–Trinajstić information content (AvgIpc) is 2.33. The fourth-order valence-electron chi connectivity index (χ4n) is 1.98. The highest BCUT2D eigenvalue weighted by Crippen LogP contribution is 2.03. The van der Waals surface area contributed by atoms with Crippen molar-refractivity contribution < 1.29 is 19.2 Å². The molecule has 0 aliphatic rings. The van der Waals surface area contributed by atoms with Gasteiger partial charge in [0.25, 0.3) is 0 Å². The molecule has 1 unspecified atom stereocenters. The van der Waals surface area contributed by atoms with Crippen LogP contribution in [0.25, 0.3) is 0 Å². The Morgan fingerprint density at radius 1 is 0.818 bits per heavy atom. The van der Waals surface area contributed by atoms with Crippen molar-refractivity contribution in [2.75, 3.05) is 32.7 Å². The summed E-state index contributed by atoms with van der Waals surface area (Å²) in [5.41, 5.74) is 20.5. The van der Waals surface area contributed by atoms with Crippen LogP contribution in [0.1, 0.15) is 13.3 Å². The van der Waals surface area contributed by atoms with E-state index < -0.39 is 23.6 Å². The van der Waals surface area contributed by atoms with Crippen molar-refractivity contribution >= 4 is 23.6 Å². The molecule has 0 aromatic carbocycles. The van der Waals surface area contributed by atoms with Crippen LogP contribution in [0.3, 0.4) is 0 Å². The second-order valence-electron chi connectivity index (χ2n) is 5.10. The van der Waals surface area contributed by atoms with E-state index in [2.05, 4.69) is 0 Å². The molecule has 10 nitrogen and oxygen atoms in total. The van der Waals surface area contributed by atoms with Gasteiger partial charge in [-0.15, -0.1) is 0 Å². The highest BCUT2D eigenvalue weighted by molar-refractivity contribution is 5.79. The maximum atomic E-state index is 11.1. The van der Waals surface area contributed by atoms with Crippen molar-refractivity contribution in [3.63, 3.8) is 0 Å². The summed E-state index contributed by atoms with van der Waals surface area (Å²) in [6.45, 7) is 1.90. The van der Waals surface area contributed by atoms with E-state index in [4.69, 9.17) is 22.9 Å². The van der Waals surface area contributed by atoms with Crippen LogP contribution >= 0.6 is 0 Å². The van der Waals surface area contributed by atoms with E-state index in [1.807, 2.05) is 0 Å². The highest BCUT2D eigenvalue weighted by Gasteiger charge is 2.21. The van der Waals surface area contributed by atoms with Crippen molar-refractivity contribution in [1.29, 1.82) is 0 Å². The SMILES string of the molecule is CC(CN(CCC(N)=O)CC(N)=O)N(CC(N)=O)CC(N)=O. The number of hydrogen-bond donors (Lipinski definition) is 4. The Kier molecular flexibility index (Phi) is 8.72. The Labute approximate surface area is 128 Å². The number of nitrogens with zero attached hydrogens (tertiary/aromatic N) is 2. The lowest BCUT2D eigenvalue weighted by Gasteiger charge is -2.31. The molecule has 0 saturated carbocycles. The normalized spacial score (nSPS) is 12.3. The van der Waals surface area contributed by atoms with Gasteiger partial charge in [-0.2, -0.15) is 0 Å². The van der Waals surface area contributed by atoms with E-state index in [0.29, 0.717) is 0 Å². The van der Waals surface area contributed by atoms with E-state index in [1.165, 1.54) is 4.90 Å². The van der Waals surface area contributed by atoms with Gasteiger partial charge in [0.2, 0.25) is 23.6 Å². The molecule has 0 aliphatic carbocycles. The summed E-state index contributed by atoms with van der Waals surface area (Å²) in [6.07, 6.45) is 0.0611. The molecule has 0 fully saturated rings. The predicted molar refractivity (Wildman–Crippen MR) is 78.9 cm³/mol. The van der Waals surface area contributed by atoms with Crippen LogP contribution in [0.4, 0.5) is 0 Å². The third kappa shape index (κ3) is 9.66. The van der Waals surface area contributed by atoms with Crippen LogP contribution < -0.4 is 22.9 Å². The number of hydrogen-bond acceptors (Lipinski definition) is 6. The molecular weight excluding hydrogens is 292 g/mol. The summed E-state index contributed by atoms with van der Waals surface area (Å²) in [5, 5.41) is 0.